The molecule has 0 fully saturated rings. The van der Waals surface area contributed by atoms with Crippen molar-refractivity contribution in [1.29, 1.82) is 0 Å². The largest absolute Gasteiger partial charge is 0.420 e. The monoisotopic (exact) mass is 180 g/mol. The highest BCUT2D eigenvalue weighted by Gasteiger charge is 2.09. The Morgan fingerprint density at radius 1 is 1.33 bits per heavy atom. The molecule has 2 aromatic heterocycles. The third-order valence-electron chi connectivity index (χ3n) is 1.58. The SMILES string of the molecule is Cc1nnc(-c2sccc2C)o1. The van der Waals surface area contributed by atoms with Gasteiger partial charge in [0.25, 0.3) is 5.89 Å². The Morgan fingerprint density at radius 2 is 2.17 bits per heavy atom. The van der Waals surface area contributed by atoms with Crippen LogP contribution in [0.25, 0.3) is 10.8 Å². The van der Waals surface area contributed by atoms with Crippen LogP contribution in [0.5, 0.6) is 0 Å². The van der Waals surface area contributed by atoms with Gasteiger partial charge < -0.3 is 4.42 Å². The molecule has 0 unspecified atom stereocenters. The molecule has 12 heavy (non-hydrogen) atoms. The second-order valence-electron chi connectivity index (χ2n) is 2.56. The standard InChI is InChI=1S/C8H8N2OS/c1-5-3-4-12-7(5)8-10-9-6(2)11-8/h3-4H,1-2H3. The molecule has 2 aromatic rings. The van der Waals surface area contributed by atoms with Gasteiger partial charge in [-0.2, -0.15) is 0 Å². The number of rotatable bonds is 1. The van der Waals surface area contributed by atoms with E-state index in [-0.39, 0.29) is 0 Å². The minimum Gasteiger partial charge on any atom is -0.420 e. The van der Waals surface area contributed by atoms with Crippen LogP contribution in [0.1, 0.15) is 11.5 Å². The van der Waals surface area contributed by atoms with Gasteiger partial charge in [0, 0.05) is 6.92 Å². The van der Waals surface area contributed by atoms with Gasteiger partial charge in [0.05, 0.1) is 4.88 Å². The van der Waals surface area contributed by atoms with Gasteiger partial charge in [0.2, 0.25) is 5.89 Å². The first-order valence-corrected chi connectivity index (χ1v) is 4.50. The molecule has 0 aliphatic heterocycles. The molecule has 0 spiro atoms. The zero-order chi connectivity index (χ0) is 8.55. The smallest absolute Gasteiger partial charge is 0.257 e. The molecule has 0 N–H and O–H groups in total. The van der Waals surface area contributed by atoms with Gasteiger partial charge in [-0.05, 0) is 23.9 Å². The predicted molar refractivity (Wildman–Crippen MR) is 47.1 cm³/mol. The fourth-order valence-corrected chi connectivity index (χ4v) is 1.83. The molecule has 2 heterocycles. The second-order valence-corrected chi connectivity index (χ2v) is 3.48. The van der Waals surface area contributed by atoms with E-state index in [9.17, 15) is 0 Å². The van der Waals surface area contributed by atoms with Gasteiger partial charge in [0.15, 0.2) is 0 Å². The number of thiophene rings is 1. The summed E-state index contributed by atoms with van der Waals surface area (Å²) < 4.78 is 5.30. The molecule has 0 amide bonds. The summed E-state index contributed by atoms with van der Waals surface area (Å²) >= 11 is 1.62. The zero-order valence-electron chi connectivity index (χ0n) is 6.87. The molecule has 0 saturated carbocycles. The first-order chi connectivity index (χ1) is 5.77. The second kappa shape index (κ2) is 2.71. The molecule has 0 radical (unpaired) electrons. The predicted octanol–water partition coefficient (Wildman–Crippen LogP) is 2.41. The summed E-state index contributed by atoms with van der Waals surface area (Å²) in [5.74, 6) is 1.23. The van der Waals surface area contributed by atoms with Crippen LogP contribution >= 0.6 is 11.3 Å². The average molecular weight is 180 g/mol. The Bertz CT molecular complexity index is 391. The number of hydrogen-bond donors (Lipinski definition) is 0. The van der Waals surface area contributed by atoms with E-state index in [1.54, 1.807) is 18.3 Å². The van der Waals surface area contributed by atoms with Gasteiger partial charge in [0.1, 0.15) is 0 Å². The van der Waals surface area contributed by atoms with Crippen molar-refractivity contribution in [2.45, 2.75) is 13.8 Å². The van der Waals surface area contributed by atoms with Crippen LogP contribution in [0, 0.1) is 13.8 Å². The van der Waals surface area contributed by atoms with E-state index in [2.05, 4.69) is 10.2 Å². The van der Waals surface area contributed by atoms with Crippen LogP contribution < -0.4 is 0 Å². The lowest BCUT2D eigenvalue weighted by molar-refractivity contribution is 0.533. The molecule has 4 heteroatoms. The molecule has 0 saturated heterocycles. The fraction of sp³-hybridized carbons (Fsp3) is 0.250. The van der Waals surface area contributed by atoms with Crippen LogP contribution in [0.2, 0.25) is 0 Å². The molecule has 2 rings (SSSR count). The van der Waals surface area contributed by atoms with Gasteiger partial charge in [-0.3, -0.25) is 0 Å². The molecule has 0 aromatic carbocycles. The number of aryl methyl sites for hydroxylation is 2. The summed E-state index contributed by atoms with van der Waals surface area (Å²) in [6.07, 6.45) is 0. The van der Waals surface area contributed by atoms with Gasteiger partial charge in [-0.1, -0.05) is 0 Å². The molecule has 0 atom stereocenters. The highest BCUT2D eigenvalue weighted by molar-refractivity contribution is 7.13. The molecular weight excluding hydrogens is 172 g/mol. The van der Waals surface area contributed by atoms with Gasteiger partial charge in [-0.25, -0.2) is 0 Å². The number of aromatic nitrogens is 2. The van der Waals surface area contributed by atoms with E-state index < -0.39 is 0 Å². The van der Waals surface area contributed by atoms with E-state index in [1.165, 1.54) is 5.56 Å². The lowest BCUT2D eigenvalue weighted by atomic mass is 10.3. The summed E-state index contributed by atoms with van der Waals surface area (Å²) in [6.45, 7) is 3.82. The third-order valence-corrected chi connectivity index (χ3v) is 2.59. The number of nitrogens with zero attached hydrogens (tertiary/aromatic N) is 2. The highest BCUT2D eigenvalue weighted by atomic mass is 32.1. The molecule has 62 valence electrons. The Balaban J connectivity index is 2.50. The van der Waals surface area contributed by atoms with Crippen molar-refractivity contribution in [3.8, 4) is 10.8 Å². The summed E-state index contributed by atoms with van der Waals surface area (Å²) in [5.41, 5.74) is 1.18. The van der Waals surface area contributed by atoms with Gasteiger partial charge >= 0.3 is 0 Å². The van der Waals surface area contributed by atoms with Crippen LogP contribution in [0.15, 0.2) is 15.9 Å². The van der Waals surface area contributed by atoms with Crippen LogP contribution in [0.4, 0.5) is 0 Å². The van der Waals surface area contributed by atoms with Crippen molar-refractivity contribution < 1.29 is 4.42 Å². The minimum atomic E-state index is 0.609. The Labute approximate surface area is 74.1 Å². The lowest BCUT2D eigenvalue weighted by Gasteiger charge is -1.88. The first-order valence-electron chi connectivity index (χ1n) is 3.62. The van der Waals surface area contributed by atoms with E-state index in [4.69, 9.17) is 4.42 Å². The quantitative estimate of drug-likeness (QED) is 0.676. The average Bonchev–Trinajstić information content (AvgIpc) is 2.58. The molecule has 3 nitrogen and oxygen atoms in total. The van der Waals surface area contributed by atoms with Crippen molar-refractivity contribution in [3.63, 3.8) is 0 Å². The van der Waals surface area contributed by atoms with Crippen LogP contribution in [0.3, 0.4) is 0 Å². The number of hydrogen-bond acceptors (Lipinski definition) is 4. The van der Waals surface area contributed by atoms with Gasteiger partial charge in [-0.15, -0.1) is 21.5 Å². The summed E-state index contributed by atoms with van der Waals surface area (Å²) in [7, 11) is 0. The molecule has 0 aliphatic carbocycles. The third kappa shape index (κ3) is 1.14. The molecular formula is C8H8N2OS. The maximum Gasteiger partial charge on any atom is 0.257 e. The zero-order valence-corrected chi connectivity index (χ0v) is 7.68. The lowest BCUT2D eigenvalue weighted by Crippen LogP contribution is -1.74. The van der Waals surface area contributed by atoms with Crippen LogP contribution in [-0.2, 0) is 0 Å². The van der Waals surface area contributed by atoms with Crippen molar-refractivity contribution in [1.82, 2.24) is 10.2 Å². The summed E-state index contributed by atoms with van der Waals surface area (Å²) in [5, 5.41) is 9.73. The van der Waals surface area contributed by atoms with Crippen molar-refractivity contribution >= 4 is 11.3 Å². The van der Waals surface area contributed by atoms with Crippen molar-refractivity contribution in [2.75, 3.05) is 0 Å². The maximum atomic E-state index is 5.30. The normalized spacial score (nSPS) is 10.5. The van der Waals surface area contributed by atoms with Crippen LogP contribution in [-0.4, -0.2) is 10.2 Å². The van der Waals surface area contributed by atoms with E-state index in [1.807, 2.05) is 18.4 Å². The summed E-state index contributed by atoms with van der Waals surface area (Å²) in [6, 6.07) is 2.04. The van der Waals surface area contributed by atoms with E-state index in [0.29, 0.717) is 11.8 Å². The topological polar surface area (TPSA) is 38.9 Å². The Morgan fingerprint density at radius 3 is 2.67 bits per heavy atom. The Kier molecular flexibility index (Phi) is 1.69. The fourth-order valence-electron chi connectivity index (χ4n) is 0.980. The van der Waals surface area contributed by atoms with E-state index in [0.717, 1.165) is 4.88 Å². The maximum absolute atomic E-state index is 5.30. The summed E-state index contributed by atoms with van der Waals surface area (Å²) in [4.78, 5) is 1.07. The molecule has 0 bridgehead atoms. The van der Waals surface area contributed by atoms with E-state index >= 15 is 0 Å². The van der Waals surface area contributed by atoms with Crippen molar-refractivity contribution in [3.05, 3.63) is 22.9 Å². The molecule has 0 aliphatic rings. The first kappa shape index (κ1) is 7.49. The minimum absolute atomic E-state index is 0.609. The highest BCUT2D eigenvalue weighted by Crippen LogP contribution is 2.27. The van der Waals surface area contributed by atoms with Crippen molar-refractivity contribution in [2.24, 2.45) is 0 Å². The Hall–Kier alpha value is -1.16.